The van der Waals surface area contributed by atoms with Gasteiger partial charge in [-0.3, -0.25) is 0 Å². The average molecular weight is 676 g/mol. The van der Waals surface area contributed by atoms with Crippen molar-refractivity contribution in [1.82, 2.24) is 15.0 Å². The SMILES string of the molecule is c1ccc(-c2ccc3ccc4ccc(-c5cccc(-c6cccc7c6nc(-c6ccccc6)c6ccc8oc9ccccc9c8c67)c5)nc4c3n2)cc1. The molecule has 11 rings (SSSR count). The van der Waals surface area contributed by atoms with Gasteiger partial charge in [-0.2, -0.15) is 0 Å². The van der Waals surface area contributed by atoms with Crippen LogP contribution in [0.15, 0.2) is 180 Å². The second-order valence-corrected chi connectivity index (χ2v) is 13.5. The maximum atomic E-state index is 6.39. The van der Waals surface area contributed by atoms with Crippen LogP contribution in [0, 0.1) is 0 Å². The first-order valence-corrected chi connectivity index (χ1v) is 17.9. The van der Waals surface area contributed by atoms with Crippen molar-refractivity contribution in [3.05, 3.63) is 176 Å². The lowest BCUT2D eigenvalue weighted by molar-refractivity contribution is 0.669. The summed E-state index contributed by atoms with van der Waals surface area (Å²) in [7, 11) is 0. The quantitative estimate of drug-likeness (QED) is 0.174. The van der Waals surface area contributed by atoms with E-state index in [1.807, 2.05) is 36.4 Å². The van der Waals surface area contributed by atoms with Gasteiger partial charge in [0.15, 0.2) is 0 Å². The second kappa shape index (κ2) is 11.7. The van der Waals surface area contributed by atoms with Gasteiger partial charge in [0.25, 0.3) is 0 Å². The number of benzene rings is 7. The molecule has 0 aliphatic carbocycles. The van der Waals surface area contributed by atoms with Gasteiger partial charge >= 0.3 is 0 Å². The van der Waals surface area contributed by atoms with Crippen molar-refractivity contribution in [2.75, 3.05) is 0 Å². The largest absolute Gasteiger partial charge is 0.456 e. The molecule has 4 aromatic heterocycles. The van der Waals surface area contributed by atoms with Gasteiger partial charge in [0.05, 0.1) is 33.6 Å². The van der Waals surface area contributed by atoms with Crippen molar-refractivity contribution in [3.8, 4) is 44.9 Å². The highest BCUT2D eigenvalue weighted by Gasteiger charge is 2.19. The predicted octanol–water partition coefficient (Wildman–Crippen LogP) is 13.1. The van der Waals surface area contributed by atoms with Crippen molar-refractivity contribution < 1.29 is 4.42 Å². The number of hydrogen-bond acceptors (Lipinski definition) is 4. The molecule has 4 heteroatoms. The minimum atomic E-state index is 0.873. The van der Waals surface area contributed by atoms with E-state index in [1.165, 1.54) is 0 Å². The van der Waals surface area contributed by atoms with Crippen LogP contribution in [-0.2, 0) is 0 Å². The van der Waals surface area contributed by atoms with E-state index in [-0.39, 0.29) is 0 Å². The topological polar surface area (TPSA) is 51.8 Å². The van der Waals surface area contributed by atoms with Gasteiger partial charge in [0, 0.05) is 60.0 Å². The number of hydrogen-bond donors (Lipinski definition) is 0. The Morgan fingerprint density at radius 1 is 0.340 bits per heavy atom. The van der Waals surface area contributed by atoms with Crippen LogP contribution in [0.4, 0.5) is 0 Å². The maximum Gasteiger partial charge on any atom is 0.136 e. The van der Waals surface area contributed by atoms with Gasteiger partial charge in [-0.15, -0.1) is 0 Å². The molecule has 7 aromatic carbocycles. The highest BCUT2D eigenvalue weighted by molar-refractivity contribution is 6.29. The predicted molar refractivity (Wildman–Crippen MR) is 219 cm³/mol. The molecule has 0 unspecified atom stereocenters. The Bertz CT molecular complexity index is 3220. The summed E-state index contributed by atoms with van der Waals surface area (Å²) in [5.74, 6) is 0. The Morgan fingerprint density at radius 3 is 1.72 bits per heavy atom. The smallest absolute Gasteiger partial charge is 0.136 e. The van der Waals surface area contributed by atoms with Gasteiger partial charge in [0.2, 0.25) is 0 Å². The molecule has 0 radical (unpaired) electrons. The zero-order valence-electron chi connectivity index (χ0n) is 28.5. The van der Waals surface area contributed by atoms with Gasteiger partial charge in [0.1, 0.15) is 11.2 Å². The fraction of sp³-hybridized carbons (Fsp3) is 0. The molecule has 0 N–H and O–H groups in total. The van der Waals surface area contributed by atoms with Gasteiger partial charge < -0.3 is 4.42 Å². The van der Waals surface area contributed by atoms with Crippen LogP contribution in [0.1, 0.15) is 0 Å². The minimum absolute atomic E-state index is 0.873. The normalized spacial score (nSPS) is 11.8. The lowest BCUT2D eigenvalue weighted by atomic mass is 9.93. The second-order valence-electron chi connectivity index (χ2n) is 13.5. The fourth-order valence-electron chi connectivity index (χ4n) is 7.92. The van der Waals surface area contributed by atoms with Crippen LogP contribution in [0.5, 0.6) is 0 Å². The van der Waals surface area contributed by atoms with E-state index in [4.69, 9.17) is 19.4 Å². The lowest BCUT2D eigenvalue weighted by Crippen LogP contribution is -1.93. The molecule has 0 bridgehead atoms. The number of nitrogens with zero attached hydrogens (tertiary/aromatic N) is 3. The maximum absolute atomic E-state index is 6.39. The van der Waals surface area contributed by atoms with Crippen molar-refractivity contribution >= 4 is 65.4 Å². The van der Waals surface area contributed by atoms with Gasteiger partial charge in [-0.1, -0.05) is 140 Å². The summed E-state index contributed by atoms with van der Waals surface area (Å²) < 4.78 is 6.39. The molecule has 0 saturated heterocycles. The fourth-order valence-corrected chi connectivity index (χ4v) is 7.92. The molecule has 0 spiro atoms. The lowest BCUT2D eigenvalue weighted by Gasteiger charge is -2.14. The van der Waals surface area contributed by atoms with Crippen LogP contribution in [0.3, 0.4) is 0 Å². The summed E-state index contributed by atoms with van der Waals surface area (Å²) in [5, 5.41) is 7.70. The Hall–Kier alpha value is -7.17. The molecular weight excluding hydrogens is 647 g/mol. The van der Waals surface area contributed by atoms with E-state index in [0.717, 1.165) is 110 Å². The third-order valence-corrected chi connectivity index (χ3v) is 10.4. The molecule has 4 nitrogen and oxygen atoms in total. The average Bonchev–Trinajstić information content (AvgIpc) is 3.62. The Morgan fingerprint density at radius 2 is 0.943 bits per heavy atom. The first kappa shape index (κ1) is 29.5. The van der Waals surface area contributed by atoms with E-state index in [9.17, 15) is 0 Å². The van der Waals surface area contributed by atoms with Crippen molar-refractivity contribution in [3.63, 3.8) is 0 Å². The number of aromatic nitrogens is 3. The molecule has 246 valence electrons. The van der Waals surface area contributed by atoms with Crippen molar-refractivity contribution in [2.24, 2.45) is 0 Å². The number of rotatable bonds is 4. The van der Waals surface area contributed by atoms with Crippen LogP contribution >= 0.6 is 0 Å². The van der Waals surface area contributed by atoms with Crippen LogP contribution in [0.25, 0.3) is 110 Å². The molecule has 0 aliphatic heterocycles. The minimum Gasteiger partial charge on any atom is -0.456 e. The number of fused-ring (bicyclic) bond motifs is 10. The standard InChI is InChI=1S/C49H29N3O/c1-3-11-30(12-4-1)40-26-23-32-21-22-33-24-27-41(51-48(33)47(32)50-40)35-16-9-15-34(29-35)36-18-10-19-38-44-39(46(52-49(36)38)31-13-5-2-6-14-31)25-28-43-45(44)37-17-7-8-20-42(37)53-43/h1-29H. The molecule has 53 heavy (non-hydrogen) atoms. The molecular formula is C49H29N3O. The van der Waals surface area contributed by atoms with Crippen LogP contribution in [-0.4, -0.2) is 15.0 Å². The zero-order valence-corrected chi connectivity index (χ0v) is 28.5. The van der Waals surface area contributed by atoms with E-state index in [0.29, 0.717) is 0 Å². The monoisotopic (exact) mass is 675 g/mol. The molecule has 0 amide bonds. The summed E-state index contributed by atoms with van der Waals surface area (Å²) in [5.41, 5.74) is 12.6. The Balaban J connectivity index is 1.13. The van der Waals surface area contributed by atoms with E-state index >= 15 is 0 Å². The summed E-state index contributed by atoms with van der Waals surface area (Å²) in [6.45, 7) is 0. The molecule has 0 fully saturated rings. The summed E-state index contributed by atoms with van der Waals surface area (Å²) in [4.78, 5) is 15.9. The number of furan rings is 1. The van der Waals surface area contributed by atoms with Gasteiger partial charge in [-0.25, -0.2) is 15.0 Å². The Labute approximate surface area is 304 Å². The van der Waals surface area contributed by atoms with Crippen LogP contribution < -0.4 is 0 Å². The summed E-state index contributed by atoms with van der Waals surface area (Å²) in [6, 6.07) is 61.3. The molecule has 4 heterocycles. The number of pyridine rings is 3. The van der Waals surface area contributed by atoms with E-state index < -0.39 is 0 Å². The van der Waals surface area contributed by atoms with E-state index in [2.05, 4.69) is 140 Å². The van der Waals surface area contributed by atoms with E-state index in [1.54, 1.807) is 0 Å². The summed E-state index contributed by atoms with van der Waals surface area (Å²) >= 11 is 0. The molecule has 0 saturated carbocycles. The van der Waals surface area contributed by atoms with Crippen molar-refractivity contribution in [1.29, 1.82) is 0 Å². The van der Waals surface area contributed by atoms with Crippen LogP contribution in [0.2, 0.25) is 0 Å². The third kappa shape index (κ3) is 4.73. The highest BCUT2D eigenvalue weighted by Crippen LogP contribution is 2.43. The van der Waals surface area contributed by atoms with Gasteiger partial charge in [-0.05, 0) is 42.0 Å². The first-order valence-electron chi connectivity index (χ1n) is 17.9. The molecule has 11 aromatic rings. The molecule has 0 atom stereocenters. The zero-order chi connectivity index (χ0) is 34.9. The first-order chi connectivity index (χ1) is 26.3. The third-order valence-electron chi connectivity index (χ3n) is 10.4. The molecule has 0 aliphatic rings. The number of para-hydroxylation sites is 2. The van der Waals surface area contributed by atoms with Crippen molar-refractivity contribution in [2.45, 2.75) is 0 Å². The Kier molecular flexibility index (Phi) is 6.52. The highest BCUT2D eigenvalue weighted by atomic mass is 16.3. The summed E-state index contributed by atoms with van der Waals surface area (Å²) in [6.07, 6.45) is 0.